The lowest BCUT2D eigenvalue weighted by atomic mass is 10.2. The van der Waals surface area contributed by atoms with E-state index in [-0.39, 0.29) is 19.4 Å². The molecule has 1 saturated heterocycles. The number of halogens is 1. The lowest BCUT2D eigenvalue weighted by Gasteiger charge is -2.18. The van der Waals surface area contributed by atoms with Crippen LogP contribution in [0.4, 0.5) is 4.39 Å². The van der Waals surface area contributed by atoms with E-state index < -0.39 is 29.4 Å². The van der Waals surface area contributed by atoms with Crippen LogP contribution in [0, 0.1) is 5.82 Å². The summed E-state index contributed by atoms with van der Waals surface area (Å²) in [6, 6.07) is 0. The highest BCUT2D eigenvalue weighted by atomic mass is 19.1. The average Bonchev–Trinajstić information content (AvgIpc) is 2.73. The average molecular weight is 288 g/mol. The Hall–Kier alpha value is -1.51. The first kappa shape index (κ1) is 14.9. The third kappa shape index (κ3) is 2.67. The van der Waals surface area contributed by atoms with Crippen molar-refractivity contribution in [1.29, 1.82) is 0 Å². The second-order valence-corrected chi connectivity index (χ2v) is 4.66. The number of nitrogens with zero attached hydrogens (tertiary/aromatic N) is 2. The molecule has 1 aliphatic heterocycles. The standard InChI is InChI=1S/C12H17FN2O5/c1-3-19-6-15-10(17)8(13)5-14(12(15)18)11-9(16)4-7(2)20-11/h5,7,9,11,16H,3-4,6H2,1-2H3/t7-,9-,11-/m1/s1. The third-order valence-corrected chi connectivity index (χ3v) is 3.13. The van der Waals surface area contributed by atoms with Crippen LogP contribution in [-0.4, -0.2) is 33.1 Å². The van der Waals surface area contributed by atoms with Crippen molar-refractivity contribution in [2.24, 2.45) is 0 Å². The lowest BCUT2D eigenvalue weighted by Crippen LogP contribution is -2.44. The van der Waals surface area contributed by atoms with Crippen LogP contribution < -0.4 is 11.2 Å². The van der Waals surface area contributed by atoms with Crippen molar-refractivity contribution in [3.05, 3.63) is 32.9 Å². The fourth-order valence-corrected chi connectivity index (χ4v) is 2.16. The zero-order chi connectivity index (χ0) is 14.9. The van der Waals surface area contributed by atoms with Crippen molar-refractivity contribution in [2.75, 3.05) is 6.61 Å². The molecule has 20 heavy (non-hydrogen) atoms. The molecular formula is C12H17FN2O5. The smallest absolute Gasteiger partial charge is 0.335 e. The normalized spacial score (nSPS) is 26.1. The van der Waals surface area contributed by atoms with E-state index in [9.17, 15) is 19.1 Å². The topological polar surface area (TPSA) is 82.7 Å². The maximum Gasteiger partial charge on any atom is 0.335 e. The summed E-state index contributed by atoms with van der Waals surface area (Å²) in [6.07, 6.45) is -1.08. The fourth-order valence-electron chi connectivity index (χ4n) is 2.16. The van der Waals surface area contributed by atoms with Gasteiger partial charge in [0.15, 0.2) is 6.23 Å². The van der Waals surface area contributed by atoms with E-state index in [0.717, 1.165) is 10.8 Å². The van der Waals surface area contributed by atoms with Gasteiger partial charge in [0.2, 0.25) is 5.82 Å². The van der Waals surface area contributed by atoms with Gasteiger partial charge in [0.1, 0.15) is 12.8 Å². The van der Waals surface area contributed by atoms with Crippen LogP contribution in [0.5, 0.6) is 0 Å². The van der Waals surface area contributed by atoms with Gasteiger partial charge in [-0.2, -0.15) is 4.39 Å². The van der Waals surface area contributed by atoms with E-state index in [4.69, 9.17) is 9.47 Å². The first-order valence-corrected chi connectivity index (χ1v) is 6.38. The molecule has 1 fully saturated rings. The molecule has 8 heteroatoms. The number of hydrogen-bond donors (Lipinski definition) is 1. The molecular weight excluding hydrogens is 271 g/mol. The van der Waals surface area contributed by atoms with Crippen LogP contribution in [0.25, 0.3) is 0 Å². The van der Waals surface area contributed by atoms with Gasteiger partial charge in [-0.3, -0.25) is 9.36 Å². The fraction of sp³-hybridized carbons (Fsp3) is 0.667. The Morgan fingerprint density at radius 3 is 2.80 bits per heavy atom. The van der Waals surface area contributed by atoms with Gasteiger partial charge in [0, 0.05) is 13.0 Å². The Bertz CT molecular complexity index is 596. The Morgan fingerprint density at radius 1 is 1.55 bits per heavy atom. The van der Waals surface area contributed by atoms with Crippen LogP contribution >= 0.6 is 0 Å². The molecule has 0 radical (unpaired) electrons. The molecule has 1 aromatic rings. The van der Waals surface area contributed by atoms with E-state index in [1.807, 2.05) is 0 Å². The van der Waals surface area contributed by atoms with Gasteiger partial charge in [0.25, 0.3) is 5.56 Å². The molecule has 2 heterocycles. The van der Waals surface area contributed by atoms with Crippen molar-refractivity contribution in [2.45, 2.75) is 45.4 Å². The Labute approximate surface area is 114 Å². The van der Waals surface area contributed by atoms with E-state index in [0.29, 0.717) is 11.0 Å². The second kappa shape index (κ2) is 5.86. The van der Waals surface area contributed by atoms with Gasteiger partial charge in [-0.15, -0.1) is 0 Å². The molecule has 3 atom stereocenters. The SMILES string of the molecule is CCOCn1c(=O)c(F)cn([C@@H]2O[C@H](C)C[C@H]2O)c1=O. The summed E-state index contributed by atoms with van der Waals surface area (Å²) in [6.45, 7) is 3.36. The molecule has 0 saturated carbocycles. The van der Waals surface area contributed by atoms with E-state index >= 15 is 0 Å². The molecule has 112 valence electrons. The quantitative estimate of drug-likeness (QED) is 0.830. The van der Waals surface area contributed by atoms with Crippen molar-refractivity contribution in [3.8, 4) is 0 Å². The summed E-state index contributed by atoms with van der Waals surface area (Å²) in [5.41, 5.74) is -1.83. The number of rotatable bonds is 4. The van der Waals surface area contributed by atoms with E-state index in [1.165, 1.54) is 0 Å². The van der Waals surface area contributed by atoms with Gasteiger partial charge in [0.05, 0.1) is 12.3 Å². The van der Waals surface area contributed by atoms with Crippen molar-refractivity contribution < 1.29 is 19.0 Å². The largest absolute Gasteiger partial charge is 0.388 e. The summed E-state index contributed by atoms with van der Waals surface area (Å²) in [4.78, 5) is 23.8. The van der Waals surface area contributed by atoms with Crippen LogP contribution in [-0.2, 0) is 16.2 Å². The predicted molar refractivity (Wildman–Crippen MR) is 66.8 cm³/mol. The number of aliphatic hydroxyl groups is 1. The zero-order valence-electron chi connectivity index (χ0n) is 11.3. The second-order valence-electron chi connectivity index (χ2n) is 4.66. The van der Waals surface area contributed by atoms with Crippen molar-refractivity contribution >= 4 is 0 Å². The molecule has 1 aliphatic rings. The highest BCUT2D eigenvalue weighted by Gasteiger charge is 2.34. The van der Waals surface area contributed by atoms with Crippen LogP contribution in [0.2, 0.25) is 0 Å². The van der Waals surface area contributed by atoms with E-state index in [2.05, 4.69) is 0 Å². The minimum atomic E-state index is -1.10. The van der Waals surface area contributed by atoms with E-state index in [1.54, 1.807) is 13.8 Å². The molecule has 0 aromatic carbocycles. The molecule has 0 unspecified atom stereocenters. The summed E-state index contributed by atoms with van der Waals surface area (Å²) in [7, 11) is 0. The first-order valence-electron chi connectivity index (χ1n) is 6.38. The molecule has 0 spiro atoms. The van der Waals surface area contributed by atoms with Crippen LogP contribution in [0.1, 0.15) is 26.5 Å². The number of aliphatic hydroxyl groups excluding tert-OH is 1. The molecule has 7 nitrogen and oxygen atoms in total. The summed E-state index contributed by atoms with van der Waals surface area (Å²) >= 11 is 0. The number of ether oxygens (including phenoxy) is 2. The maximum absolute atomic E-state index is 13.6. The molecule has 1 aromatic heterocycles. The van der Waals surface area contributed by atoms with Gasteiger partial charge >= 0.3 is 5.69 Å². The summed E-state index contributed by atoms with van der Waals surface area (Å²) in [5.74, 6) is -1.10. The van der Waals surface area contributed by atoms with Gasteiger partial charge < -0.3 is 14.6 Å². The van der Waals surface area contributed by atoms with Gasteiger partial charge in [-0.25, -0.2) is 9.36 Å². The van der Waals surface area contributed by atoms with Crippen LogP contribution in [0.3, 0.4) is 0 Å². The molecule has 0 aliphatic carbocycles. The molecule has 0 amide bonds. The summed E-state index contributed by atoms with van der Waals surface area (Å²) < 4.78 is 25.5. The number of hydrogen-bond acceptors (Lipinski definition) is 5. The molecule has 1 N–H and O–H groups in total. The lowest BCUT2D eigenvalue weighted by molar-refractivity contribution is -0.0377. The monoisotopic (exact) mass is 288 g/mol. The molecule has 2 rings (SSSR count). The first-order chi connectivity index (χ1) is 9.45. The predicted octanol–water partition coefficient (Wildman–Crippen LogP) is -0.189. The highest BCUT2D eigenvalue weighted by Crippen LogP contribution is 2.27. The highest BCUT2D eigenvalue weighted by molar-refractivity contribution is 4.93. The number of aromatic nitrogens is 2. The maximum atomic E-state index is 13.6. The zero-order valence-corrected chi connectivity index (χ0v) is 11.3. The minimum Gasteiger partial charge on any atom is -0.388 e. The Morgan fingerprint density at radius 2 is 2.25 bits per heavy atom. The van der Waals surface area contributed by atoms with Gasteiger partial charge in [-0.1, -0.05) is 0 Å². The van der Waals surface area contributed by atoms with Crippen molar-refractivity contribution in [3.63, 3.8) is 0 Å². The summed E-state index contributed by atoms with van der Waals surface area (Å²) in [5, 5.41) is 9.84. The van der Waals surface area contributed by atoms with Crippen LogP contribution in [0.15, 0.2) is 15.8 Å². The minimum absolute atomic E-state index is 0.253. The van der Waals surface area contributed by atoms with Gasteiger partial charge in [-0.05, 0) is 13.8 Å². The molecule has 0 bridgehead atoms. The van der Waals surface area contributed by atoms with Crippen molar-refractivity contribution in [1.82, 2.24) is 9.13 Å². The Kier molecular flexibility index (Phi) is 4.36. The Balaban J connectivity index is 2.47. The third-order valence-electron chi connectivity index (χ3n) is 3.13.